The van der Waals surface area contributed by atoms with E-state index in [4.69, 9.17) is 21.4 Å². The van der Waals surface area contributed by atoms with Crippen LogP contribution in [0, 0.1) is 6.92 Å². The number of nitrogens with one attached hydrogen (secondary N) is 2. The first-order chi connectivity index (χ1) is 9.93. The summed E-state index contributed by atoms with van der Waals surface area (Å²) in [7, 11) is 1.42. The molecule has 1 aromatic carbocycles. The minimum atomic E-state index is -1.12. The van der Waals surface area contributed by atoms with Gasteiger partial charge in [0.1, 0.15) is 11.3 Å². The third kappa shape index (κ3) is 3.00. The molecule has 0 atom stereocenters. The van der Waals surface area contributed by atoms with Gasteiger partial charge in [-0.1, -0.05) is 11.6 Å². The van der Waals surface area contributed by atoms with Crippen LogP contribution in [-0.2, 0) is 0 Å². The van der Waals surface area contributed by atoms with Crippen LogP contribution in [0.2, 0.25) is 5.02 Å². The van der Waals surface area contributed by atoms with Crippen molar-refractivity contribution in [2.24, 2.45) is 0 Å². The largest absolute Gasteiger partial charge is 0.496 e. The molecule has 0 radical (unpaired) electrons. The fourth-order valence-electron chi connectivity index (χ4n) is 1.94. The maximum atomic E-state index is 12.2. The topological polar surface area (TPSA) is 91.4 Å². The number of aryl methyl sites for hydroxylation is 1. The zero-order valence-corrected chi connectivity index (χ0v) is 12.1. The second-order valence-electron chi connectivity index (χ2n) is 4.31. The molecule has 0 bridgehead atoms. The number of anilines is 1. The zero-order chi connectivity index (χ0) is 15.6. The summed E-state index contributed by atoms with van der Waals surface area (Å²) in [5.74, 6) is -1.29. The van der Waals surface area contributed by atoms with Crippen LogP contribution in [0.15, 0.2) is 24.4 Å². The van der Waals surface area contributed by atoms with Crippen molar-refractivity contribution in [2.75, 3.05) is 12.4 Å². The zero-order valence-electron chi connectivity index (χ0n) is 11.4. The molecule has 0 aliphatic rings. The highest BCUT2D eigenvalue weighted by Crippen LogP contribution is 2.25. The summed E-state index contributed by atoms with van der Waals surface area (Å²) in [5, 5.41) is 12.1. The number of ether oxygens (including phenoxy) is 1. The van der Waals surface area contributed by atoms with Crippen molar-refractivity contribution in [2.45, 2.75) is 6.92 Å². The molecule has 1 heterocycles. The van der Waals surface area contributed by atoms with E-state index in [2.05, 4.69) is 10.3 Å². The molecule has 21 heavy (non-hydrogen) atoms. The molecule has 0 fully saturated rings. The number of carboxylic acid groups (broad SMARTS) is 1. The predicted molar refractivity (Wildman–Crippen MR) is 78.4 cm³/mol. The lowest BCUT2D eigenvalue weighted by atomic mass is 10.1. The van der Waals surface area contributed by atoms with Gasteiger partial charge in [0.25, 0.3) is 5.91 Å². The molecular formula is C14H13ClN2O4. The third-order valence-corrected chi connectivity index (χ3v) is 3.18. The lowest BCUT2D eigenvalue weighted by molar-refractivity contribution is 0.0697. The molecule has 2 aromatic rings. The maximum absolute atomic E-state index is 12.2. The lowest BCUT2D eigenvalue weighted by Crippen LogP contribution is -2.15. The van der Waals surface area contributed by atoms with E-state index in [-0.39, 0.29) is 16.8 Å². The summed E-state index contributed by atoms with van der Waals surface area (Å²) in [6, 6.07) is 4.58. The van der Waals surface area contributed by atoms with E-state index in [0.717, 1.165) is 0 Å². The highest BCUT2D eigenvalue weighted by molar-refractivity contribution is 6.31. The molecule has 7 heteroatoms. The second-order valence-corrected chi connectivity index (χ2v) is 4.74. The van der Waals surface area contributed by atoms with Gasteiger partial charge in [-0.2, -0.15) is 0 Å². The summed E-state index contributed by atoms with van der Waals surface area (Å²) < 4.78 is 5.10. The molecule has 6 nitrogen and oxygen atoms in total. The Morgan fingerprint density at radius 1 is 1.38 bits per heavy atom. The van der Waals surface area contributed by atoms with Crippen LogP contribution in [0.1, 0.15) is 26.4 Å². The summed E-state index contributed by atoms with van der Waals surface area (Å²) in [4.78, 5) is 26.2. The Labute approximate surface area is 125 Å². The molecule has 2 rings (SSSR count). The number of halogens is 1. The average Bonchev–Trinajstić information content (AvgIpc) is 2.79. The first kappa shape index (κ1) is 14.9. The summed E-state index contributed by atoms with van der Waals surface area (Å²) in [5.41, 5.74) is 0.941. The molecule has 0 saturated carbocycles. The summed E-state index contributed by atoms with van der Waals surface area (Å²) in [6.45, 7) is 1.61. The van der Waals surface area contributed by atoms with Gasteiger partial charge in [0.2, 0.25) is 0 Å². The Morgan fingerprint density at radius 2 is 2.10 bits per heavy atom. The van der Waals surface area contributed by atoms with E-state index in [9.17, 15) is 9.59 Å². The number of carbonyl (C=O) groups excluding carboxylic acids is 1. The Hall–Kier alpha value is -2.47. The first-order valence-corrected chi connectivity index (χ1v) is 6.38. The number of aromatic amines is 1. The summed E-state index contributed by atoms with van der Waals surface area (Å²) in [6.07, 6.45) is 1.43. The Bertz CT molecular complexity index is 709. The van der Waals surface area contributed by atoms with Gasteiger partial charge in [0, 0.05) is 16.9 Å². The third-order valence-electron chi connectivity index (χ3n) is 2.95. The van der Waals surface area contributed by atoms with Crippen molar-refractivity contribution in [3.63, 3.8) is 0 Å². The first-order valence-electron chi connectivity index (χ1n) is 6.00. The number of hydrogen-bond acceptors (Lipinski definition) is 3. The van der Waals surface area contributed by atoms with E-state index in [1.54, 1.807) is 13.0 Å². The fourth-order valence-corrected chi connectivity index (χ4v) is 2.11. The van der Waals surface area contributed by atoms with Crippen LogP contribution in [0.25, 0.3) is 0 Å². The van der Waals surface area contributed by atoms with Gasteiger partial charge in [-0.15, -0.1) is 0 Å². The Morgan fingerprint density at radius 3 is 2.71 bits per heavy atom. The molecule has 3 N–H and O–H groups in total. The van der Waals surface area contributed by atoms with E-state index < -0.39 is 11.9 Å². The Balaban J connectivity index is 2.33. The predicted octanol–water partition coefficient (Wildman–Crippen LogP) is 2.94. The number of aromatic carboxylic acids is 1. The highest BCUT2D eigenvalue weighted by Gasteiger charge is 2.19. The standard InChI is InChI=1S/C14H13ClN2O4/c1-7-12(14(19)20)10(6-16-7)17-13(18)9-4-3-8(15)5-11(9)21-2/h3-6,16H,1-2H3,(H,17,18)(H,19,20). The number of methoxy groups -OCH3 is 1. The highest BCUT2D eigenvalue weighted by atomic mass is 35.5. The van der Waals surface area contributed by atoms with E-state index >= 15 is 0 Å². The number of carbonyl (C=O) groups is 2. The van der Waals surface area contributed by atoms with Crippen LogP contribution < -0.4 is 10.1 Å². The van der Waals surface area contributed by atoms with E-state index in [1.807, 2.05) is 0 Å². The number of hydrogen-bond donors (Lipinski definition) is 3. The van der Waals surface area contributed by atoms with Crippen LogP contribution in [0.3, 0.4) is 0 Å². The normalized spacial score (nSPS) is 10.2. The molecule has 0 unspecified atom stereocenters. The van der Waals surface area contributed by atoms with Crippen LogP contribution >= 0.6 is 11.6 Å². The van der Waals surface area contributed by atoms with E-state index in [1.165, 1.54) is 25.4 Å². The fraction of sp³-hybridized carbons (Fsp3) is 0.143. The van der Waals surface area contributed by atoms with Crippen molar-refractivity contribution in [3.8, 4) is 5.75 Å². The van der Waals surface area contributed by atoms with Crippen molar-refractivity contribution in [1.29, 1.82) is 0 Å². The second kappa shape index (κ2) is 5.88. The molecule has 0 spiro atoms. The number of benzene rings is 1. The average molecular weight is 309 g/mol. The monoisotopic (exact) mass is 308 g/mol. The SMILES string of the molecule is COc1cc(Cl)ccc1C(=O)Nc1c[nH]c(C)c1C(=O)O. The van der Waals surface area contributed by atoms with Crippen LogP contribution in [0.4, 0.5) is 5.69 Å². The number of aromatic nitrogens is 1. The molecular weight excluding hydrogens is 296 g/mol. The van der Waals surface area contributed by atoms with Crippen molar-refractivity contribution < 1.29 is 19.4 Å². The maximum Gasteiger partial charge on any atom is 0.339 e. The lowest BCUT2D eigenvalue weighted by Gasteiger charge is -2.09. The quantitative estimate of drug-likeness (QED) is 0.810. The minimum absolute atomic E-state index is 0.0243. The number of rotatable bonds is 4. The number of amides is 1. The molecule has 1 aromatic heterocycles. The van der Waals surface area contributed by atoms with Crippen LogP contribution in [0.5, 0.6) is 5.75 Å². The van der Waals surface area contributed by atoms with Crippen molar-refractivity contribution in [1.82, 2.24) is 4.98 Å². The Kier molecular flexibility index (Phi) is 4.18. The molecule has 110 valence electrons. The number of carboxylic acids is 1. The molecule has 1 amide bonds. The molecule has 0 saturated heterocycles. The van der Waals surface area contributed by atoms with Gasteiger partial charge in [0.05, 0.1) is 18.4 Å². The van der Waals surface area contributed by atoms with Gasteiger partial charge in [0.15, 0.2) is 0 Å². The number of H-pyrrole nitrogens is 1. The molecule has 0 aliphatic carbocycles. The van der Waals surface area contributed by atoms with Crippen molar-refractivity contribution in [3.05, 3.63) is 46.2 Å². The van der Waals surface area contributed by atoms with Gasteiger partial charge < -0.3 is 20.1 Å². The molecule has 0 aliphatic heterocycles. The van der Waals surface area contributed by atoms with Gasteiger partial charge >= 0.3 is 5.97 Å². The van der Waals surface area contributed by atoms with E-state index in [0.29, 0.717) is 16.5 Å². The van der Waals surface area contributed by atoms with Gasteiger partial charge in [-0.25, -0.2) is 4.79 Å². The smallest absolute Gasteiger partial charge is 0.339 e. The summed E-state index contributed by atoms with van der Waals surface area (Å²) >= 11 is 5.84. The van der Waals surface area contributed by atoms with Crippen molar-refractivity contribution >= 4 is 29.2 Å². The van der Waals surface area contributed by atoms with Gasteiger partial charge in [-0.05, 0) is 25.1 Å². The van der Waals surface area contributed by atoms with Gasteiger partial charge in [-0.3, -0.25) is 4.79 Å². The van der Waals surface area contributed by atoms with Crippen LogP contribution in [-0.4, -0.2) is 29.1 Å². The minimum Gasteiger partial charge on any atom is -0.496 e.